The molecule has 0 aromatic heterocycles. The summed E-state index contributed by atoms with van der Waals surface area (Å²) in [4.78, 5) is 2.09. The van der Waals surface area contributed by atoms with Crippen LogP contribution in [0.3, 0.4) is 0 Å². The second-order valence-corrected chi connectivity index (χ2v) is 6.83. The molecule has 3 heteroatoms. The summed E-state index contributed by atoms with van der Waals surface area (Å²) < 4.78 is 5.74. The van der Waals surface area contributed by atoms with Gasteiger partial charge in [-0.2, -0.15) is 0 Å². The van der Waals surface area contributed by atoms with Crippen LogP contribution >= 0.6 is 0 Å². The van der Waals surface area contributed by atoms with Crippen LogP contribution in [0.15, 0.2) is 54.6 Å². The van der Waals surface area contributed by atoms with Crippen LogP contribution in [-0.2, 0) is 0 Å². The van der Waals surface area contributed by atoms with Crippen molar-refractivity contribution in [3.63, 3.8) is 0 Å². The van der Waals surface area contributed by atoms with Crippen molar-refractivity contribution in [2.75, 3.05) is 27.2 Å². The third-order valence-corrected chi connectivity index (χ3v) is 4.51. The maximum Gasteiger partial charge on any atom is 0.119 e. The SMILES string of the molecule is CCCCC(c1ccccc1)C(O)c1ccc(OCCN(C)C)cc1. The van der Waals surface area contributed by atoms with Gasteiger partial charge in [0, 0.05) is 12.5 Å². The Morgan fingerprint density at radius 2 is 1.64 bits per heavy atom. The molecule has 0 fully saturated rings. The van der Waals surface area contributed by atoms with Crippen LogP contribution in [0, 0.1) is 0 Å². The summed E-state index contributed by atoms with van der Waals surface area (Å²) in [5, 5.41) is 11.0. The van der Waals surface area contributed by atoms with Gasteiger partial charge in [0.1, 0.15) is 12.4 Å². The molecular formula is C22H31NO2. The van der Waals surface area contributed by atoms with Crippen molar-refractivity contribution in [1.82, 2.24) is 4.90 Å². The summed E-state index contributed by atoms with van der Waals surface area (Å²) in [6.07, 6.45) is 2.74. The molecule has 0 amide bonds. The molecule has 0 aliphatic heterocycles. The van der Waals surface area contributed by atoms with Crippen molar-refractivity contribution in [2.45, 2.75) is 38.2 Å². The van der Waals surface area contributed by atoms with Gasteiger partial charge in [0.15, 0.2) is 0 Å². The van der Waals surface area contributed by atoms with Crippen LogP contribution in [0.1, 0.15) is 49.3 Å². The minimum atomic E-state index is -0.496. The summed E-state index contributed by atoms with van der Waals surface area (Å²) in [7, 11) is 4.06. The van der Waals surface area contributed by atoms with Gasteiger partial charge in [-0.05, 0) is 43.8 Å². The van der Waals surface area contributed by atoms with Crippen LogP contribution in [0.25, 0.3) is 0 Å². The van der Waals surface area contributed by atoms with Crippen LogP contribution in [0.4, 0.5) is 0 Å². The number of hydrogen-bond donors (Lipinski definition) is 1. The maximum atomic E-state index is 11.0. The molecule has 0 aliphatic carbocycles. The lowest BCUT2D eigenvalue weighted by Crippen LogP contribution is -2.19. The zero-order valence-electron chi connectivity index (χ0n) is 15.7. The van der Waals surface area contributed by atoms with Crippen molar-refractivity contribution in [1.29, 1.82) is 0 Å². The van der Waals surface area contributed by atoms with Gasteiger partial charge < -0.3 is 14.7 Å². The van der Waals surface area contributed by atoms with Crippen LogP contribution < -0.4 is 4.74 Å². The molecule has 0 bridgehead atoms. The highest BCUT2D eigenvalue weighted by Gasteiger charge is 2.22. The molecule has 2 unspecified atom stereocenters. The van der Waals surface area contributed by atoms with Crippen LogP contribution in [0.5, 0.6) is 5.75 Å². The minimum absolute atomic E-state index is 0.127. The number of unbranched alkanes of at least 4 members (excludes halogenated alkanes) is 1. The summed E-state index contributed by atoms with van der Waals surface area (Å²) in [6.45, 7) is 3.74. The van der Waals surface area contributed by atoms with Gasteiger partial charge >= 0.3 is 0 Å². The van der Waals surface area contributed by atoms with Gasteiger partial charge in [0.25, 0.3) is 0 Å². The zero-order chi connectivity index (χ0) is 18.1. The Morgan fingerprint density at radius 1 is 0.960 bits per heavy atom. The average Bonchev–Trinajstić information content (AvgIpc) is 2.63. The number of benzene rings is 2. The quantitative estimate of drug-likeness (QED) is 0.683. The minimum Gasteiger partial charge on any atom is -0.492 e. The number of aliphatic hydroxyl groups excluding tert-OH is 1. The first-order chi connectivity index (χ1) is 12.1. The second kappa shape index (κ2) is 10.2. The Hall–Kier alpha value is -1.84. The third-order valence-electron chi connectivity index (χ3n) is 4.51. The average molecular weight is 341 g/mol. The van der Waals surface area contributed by atoms with E-state index in [0.29, 0.717) is 6.61 Å². The smallest absolute Gasteiger partial charge is 0.119 e. The van der Waals surface area contributed by atoms with E-state index >= 15 is 0 Å². The molecule has 0 radical (unpaired) electrons. The van der Waals surface area contributed by atoms with E-state index in [9.17, 15) is 5.11 Å². The fraction of sp³-hybridized carbons (Fsp3) is 0.455. The number of likely N-dealkylation sites (N-methyl/N-ethyl adjacent to an activating group) is 1. The Morgan fingerprint density at radius 3 is 2.24 bits per heavy atom. The largest absolute Gasteiger partial charge is 0.492 e. The first-order valence-electron chi connectivity index (χ1n) is 9.22. The van der Waals surface area contributed by atoms with E-state index in [0.717, 1.165) is 37.1 Å². The standard InChI is InChI=1S/C22H31NO2/c1-4-5-11-21(18-9-7-6-8-10-18)22(24)19-12-14-20(15-13-19)25-17-16-23(2)3/h6-10,12-15,21-22,24H,4-5,11,16-17H2,1-3H3. The summed E-state index contributed by atoms with van der Waals surface area (Å²) in [6, 6.07) is 18.2. The molecule has 0 aliphatic rings. The number of aliphatic hydroxyl groups is 1. The van der Waals surface area contributed by atoms with Crippen LogP contribution in [-0.4, -0.2) is 37.3 Å². The van der Waals surface area contributed by atoms with E-state index in [-0.39, 0.29) is 5.92 Å². The topological polar surface area (TPSA) is 32.7 Å². The molecule has 25 heavy (non-hydrogen) atoms. The fourth-order valence-corrected chi connectivity index (χ4v) is 2.97. The Kier molecular flexibility index (Phi) is 7.96. The van der Waals surface area contributed by atoms with Gasteiger partial charge in [-0.1, -0.05) is 62.2 Å². The fourth-order valence-electron chi connectivity index (χ4n) is 2.97. The van der Waals surface area contributed by atoms with Crippen LogP contribution in [0.2, 0.25) is 0 Å². The van der Waals surface area contributed by atoms with Gasteiger partial charge in [-0.3, -0.25) is 0 Å². The Bertz CT molecular complexity index is 595. The maximum absolute atomic E-state index is 11.0. The predicted octanol–water partition coefficient (Wildman–Crippen LogP) is 4.63. The molecule has 2 rings (SSSR count). The van der Waals surface area contributed by atoms with Gasteiger partial charge in [-0.25, -0.2) is 0 Å². The highest BCUT2D eigenvalue weighted by Crippen LogP contribution is 2.35. The molecule has 1 N–H and O–H groups in total. The number of nitrogens with zero attached hydrogens (tertiary/aromatic N) is 1. The first kappa shape index (κ1) is 19.5. The van der Waals surface area contributed by atoms with E-state index in [4.69, 9.17) is 4.74 Å². The van der Waals surface area contributed by atoms with Gasteiger partial charge in [0.2, 0.25) is 0 Å². The third kappa shape index (κ3) is 6.18. The highest BCUT2D eigenvalue weighted by atomic mass is 16.5. The lowest BCUT2D eigenvalue weighted by atomic mass is 9.85. The molecular weight excluding hydrogens is 310 g/mol. The van der Waals surface area contributed by atoms with E-state index in [1.54, 1.807) is 0 Å². The van der Waals surface area contributed by atoms with Crippen molar-refractivity contribution < 1.29 is 9.84 Å². The monoisotopic (exact) mass is 341 g/mol. The molecule has 2 aromatic rings. The van der Waals surface area contributed by atoms with Crippen molar-refractivity contribution >= 4 is 0 Å². The molecule has 0 heterocycles. The predicted molar refractivity (Wildman–Crippen MR) is 104 cm³/mol. The van der Waals surface area contributed by atoms with Crippen molar-refractivity contribution in [3.05, 3.63) is 65.7 Å². The number of rotatable bonds is 10. The Balaban J connectivity index is 2.06. The van der Waals surface area contributed by atoms with E-state index in [2.05, 4.69) is 24.0 Å². The molecule has 0 spiro atoms. The lowest BCUT2D eigenvalue weighted by molar-refractivity contribution is 0.139. The normalized spacial score (nSPS) is 13.6. The lowest BCUT2D eigenvalue weighted by Gasteiger charge is -2.24. The second-order valence-electron chi connectivity index (χ2n) is 6.83. The van der Waals surface area contributed by atoms with Crippen molar-refractivity contribution in [3.8, 4) is 5.75 Å². The molecule has 2 aromatic carbocycles. The zero-order valence-corrected chi connectivity index (χ0v) is 15.7. The molecule has 3 nitrogen and oxygen atoms in total. The van der Waals surface area contributed by atoms with E-state index in [1.165, 1.54) is 5.56 Å². The first-order valence-corrected chi connectivity index (χ1v) is 9.22. The summed E-state index contributed by atoms with van der Waals surface area (Å²) in [5.74, 6) is 0.976. The Labute approximate surface area is 152 Å². The highest BCUT2D eigenvalue weighted by molar-refractivity contribution is 5.31. The van der Waals surface area contributed by atoms with E-state index in [1.807, 2.05) is 56.6 Å². The number of hydrogen-bond acceptors (Lipinski definition) is 3. The van der Waals surface area contributed by atoms with Gasteiger partial charge in [0.05, 0.1) is 6.10 Å². The summed E-state index contributed by atoms with van der Waals surface area (Å²) >= 11 is 0. The molecule has 0 saturated heterocycles. The van der Waals surface area contributed by atoms with Crippen molar-refractivity contribution in [2.24, 2.45) is 0 Å². The molecule has 2 atom stereocenters. The molecule has 0 saturated carbocycles. The van der Waals surface area contributed by atoms with Gasteiger partial charge in [-0.15, -0.1) is 0 Å². The number of ether oxygens (including phenoxy) is 1. The van der Waals surface area contributed by atoms with E-state index < -0.39 is 6.10 Å². The molecule has 136 valence electrons. The summed E-state index contributed by atoms with van der Waals surface area (Å²) in [5.41, 5.74) is 2.15.